The van der Waals surface area contributed by atoms with Crippen molar-refractivity contribution in [3.63, 3.8) is 0 Å². The fraction of sp³-hybridized carbons (Fsp3) is 0.571. The molecule has 0 spiro atoms. The zero-order chi connectivity index (χ0) is 12.4. The summed E-state index contributed by atoms with van der Waals surface area (Å²) < 4.78 is 13.7. The normalized spacial score (nSPS) is 25.9. The van der Waals surface area contributed by atoms with Gasteiger partial charge in [0.15, 0.2) is 0 Å². The maximum atomic E-state index is 13.7. The zero-order valence-corrected chi connectivity index (χ0v) is 10.8. The van der Waals surface area contributed by atoms with E-state index in [0.717, 1.165) is 24.9 Å². The van der Waals surface area contributed by atoms with Gasteiger partial charge in [-0.3, -0.25) is 0 Å². The number of halogens is 1. The number of aryl methyl sites for hydroxylation is 1. The summed E-state index contributed by atoms with van der Waals surface area (Å²) in [7, 11) is 2.15. The largest absolute Gasteiger partial charge is 0.380 e. The summed E-state index contributed by atoms with van der Waals surface area (Å²) in [5, 5.41) is 3.33. The van der Waals surface area contributed by atoms with Gasteiger partial charge in [0.1, 0.15) is 5.82 Å². The highest BCUT2D eigenvalue weighted by atomic mass is 19.1. The number of benzene rings is 1. The molecule has 0 bridgehead atoms. The molecule has 1 N–H and O–H groups in total. The van der Waals surface area contributed by atoms with Crippen LogP contribution in [0.5, 0.6) is 0 Å². The molecule has 1 aliphatic heterocycles. The van der Waals surface area contributed by atoms with Crippen molar-refractivity contribution in [3.05, 3.63) is 29.6 Å². The molecule has 2 nitrogen and oxygen atoms in total. The first kappa shape index (κ1) is 12.4. The summed E-state index contributed by atoms with van der Waals surface area (Å²) >= 11 is 0. The van der Waals surface area contributed by atoms with Crippen LogP contribution in [0.1, 0.15) is 25.3 Å². The van der Waals surface area contributed by atoms with E-state index < -0.39 is 0 Å². The molecule has 0 radical (unpaired) electrons. The summed E-state index contributed by atoms with van der Waals surface area (Å²) in [6, 6.07) is 6.33. The van der Waals surface area contributed by atoms with Crippen LogP contribution in [0, 0.1) is 12.7 Å². The van der Waals surface area contributed by atoms with Crippen LogP contribution >= 0.6 is 0 Å². The number of hydrogen-bond donors (Lipinski definition) is 1. The van der Waals surface area contributed by atoms with Gasteiger partial charge >= 0.3 is 0 Å². The van der Waals surface area contributed by atoms with Crippen LogP contribution in [0.25, 0.3) is 0 Å². The predicted molar refractivity (Wildman–Crippen MR) is 69.9 cm³/mol. The molecule has 2 rings (SSSR count). The van der Waals surface area contributed by atoms with Gasteiger partial charge in [-0.05, 0) is 51.4 Å². The summed E-state index contributed by atoms with van der Waals surface area (Å²) in [5.74, 6) is -0.142. The molecule has 3 heteroatoms. The molecule has 2 unspecified atom stereocenters. The van der Waals surface area contributed by atoms with Gasteiger partial charge < -0.3 is 10.2 Å². The quantitative estimate of drug-likeness (QED) is 0.849. The molecular weight excluding hydrogens is 215 g/mol. The third-order valence-corrected chi connectivity index (χ3v) is 3.69. The number of nitrogens with zero attached hydrogens (tertiary/aromatic N) is 1. The Balaban J connectivity index is 2.01. The minimum absolute atomic E-state index is 0.142. The van der Waals surface area contributed by atoms with E-state index >= 15 is 0 Å². The number of nitrogens with one attached hydrogen (secondary N) is 1. The fourth-order valence-corrected chi connectivity index (χ4v) is 2.38. The van der Waals surface area contributed by atoms with E-state index in [2.05, 4.69) is 24.2 Å². The zero-order valence-electron chi connectivity index (χ0n) is 10.8. The van der Waals surface area contributed by atoms with Crippen molar-refractivity contribution in [1.82, 2.24) is 4.90 Å². The van der Waals surface area contributed by atoms with Crippen molar-refractivity contribution in [2.45, 2.75) is 38.8 Å². The summed E-state index contributed by atoms with van der Waals surface area (Å²) in [4.78, 5) is 2.35. The summed E-state index contributed by atoms with van der Waals surface area (Å²) in [6.45, 7) is 5.20. The first-order valence-corrected chi connectivity index (χ1v) is 6.29. The lowest BCUT2D eigenvalue weighted by atomic mass is 9.98. The predicted octanol–water partition coefficient (Wildman–Crippen LogP) is 3.03. The molecule has 0 aromatic heterocycles. The Morgan fingerprint density at radius 2 is 2.18 bits per heavy atom. The van der Waals surface area contributed by atoms with Crippen LogP contribution in [-0.2, 0) is 0 Å². The lowest BCUT2D eigenvalue weighted by molar-refractivity contribution is 0.190. The minimum Gasteiger partial charge on any atom is -0.380 e. The Labute approximate surface area is 103 Å². The highest BCUT2D eigenvalue weighted by Crippen LogP contribution is 2.22. The van der Waals surface area contributed by atoms with E-state index in [-0.39, 0.29) is 5.82 Å². The monoisotopic (exact) mass is 236 g/mol. The number of piperidine rings is 1. The van der Waals surface area contributed by atoms with Gasteiger partial charge in [-0.25, -0.2) is 4.39 Å². The van der Waals surface area contributed by atoms with Crippen LogP contribution in [0.3, 0.4) is 0 Å². The van der Waals surface area contributed by atoms with Crippen molar-refractivity contribution in [2.75, 3.05) is 18.9 Å². The van der Waals surface area contributed by atoms with Crippen molar-refractivity contribution in [2.24, 2.45) is 0 Å². The fourth-order valence-electron chi connectivity index (χ4n) is 2.38. The van der Waals surface area contributed by atoms with Gasteiger partial charge in [0, 0.05) is 18.6 Å². The molecule has 0 aliphatic carbocycles. The summed E-state index contributed by atoms with van der Waals surface area (Å²) in [5.41, 5.74) is 1.60. The van der Waals surface area contributed by atoms with Gasteiger partial charge in [0.2, 0.25) is 0 Å². The average molecular weight is 236 g/mol. The third-order valence-electron chi connectivity index (χ3n) is 3.69. The first-order chi connectivity index (χ1) is 8.06. The average Bonchev–Trinajstić information content (AvgIpc) is 2.27. The Kier molecular flexibility index (Phi) is 3.67. The Morgan fingerprint density at radius 1 is 1.41 bits per heavy atom. The molecular formula is C14H21FN2. The second-order valence-corrected chi connectivity index (χ2v) is 5.18. The van der Waals surface area contributed by atoms with E-state index in [9.17, 15) is 4.39 Å². The molecule has 0 saturated carbocycles. The molecule has 94 valence electrons. The highest BCUT2D eigenvalue weighted by molar-refractivity contribution is 5.47. The minimum atomic E-state index is -0.142. The number of anilines is 1. The van der Waals surface area contributed by atoms with E-state index in [4.69, 9.17) is 0 Å². The van der Waals surface area contributed by atoms with Crippen molar-refractivity contribution in [1.29, 1.82) is 0 Å². The van der Waals surface area contributed by atoms with Crippen molar-refractivity contribution in [3.8, 4) is 0 Å². The molecule has 17 heavy (non-hydrogen) atoms. The van der Waals surface area contributed by atoms with E-state index in [1.54, 1.807) is 6.07 Å². The van der Waals surface area contributed by atoms with Gasteiger partial charge in [-0.2, -0.15) is 0 Å². The smallest absolute Gasteiger partial charge is 0.146 e. The van der Waals surface area contributed by atoms with E-state index in [1.807, 2.05) is 19.1 Å². The number of likely N-dealkylation sites (tertiary alicyclic amines) is 1. The summed E-state index contributed by atoms with van der Waals surface area (Å²) in [6.07, 6.45) is 2.15. The standard InChI is InChI=1S/C14H21FN2/c1-10-4-5-14(13(15)8-10)16-12-6-7-17(3)11(2)9-12/h4-5,8,11-12,16H,6-7,9H2,1-3H3. The van der Waals surface area contributed by atoms with Crippen LogP contribution in [0.2, 0.25) is 0 Å². The van der Waals surface area contributed by atoms with Gasteiger partial charge in [-0.1, -0.05) is 6.07 Å². The Morgan fingerprint density at radius 3 is 2.82 bits per heavy atom. The lowest BCUT2D eigenvalue weighted by Crippen LogP contribution is -2.42. The highest BCUT2D eigenvalue weighted by Gasteiger charge is 2.23. The van der Waals surface area contributed by atoms with Gasteiger partial charge in [0.05, 0.1) is 5.69 Å². The molecule has 1 saturated heterocycles. The second-order valence-electron chi connectivity index (χ2n) is 5.18. The topological polar surface area (TPSA) is 15.3 Å². The molecule has 1 aliphatic rings. The van der Waals surface area contributed by atoms with Crippen molar-refractivity contribution >= 4 is 5.69 Å². The molecule has 1 aromatic carbocycles. The Bertz CT molecular complexity index is 392. The molecule has 2 atom stereocenters. The maximum Gasteiger partial charge on any atom is 0.146 e. The van der Waals surface area contributed by atoms with Gasteiger partial charge in [-0.15, -0.1) is 0 Å². The number of hydrogen-bond acceptors (Lipinski definition) is 2. The molecule has 1 heterocycles. The third kappa shape index (κ3) is 2.97. The van der Waals surface area contributed by atoms with Crippen LogP contribution < -0.4 is 5.32 Å². The maximum absolute atomic E-state index is 13.7. The molecule has 1 aromatic rings. The van der Waals surface area contributed by atoms with Crippen molar-refractivity contribution < 1.29 is 4.39 Å². The van der Waals surface area contributed by atoms with Crippen LogP contribution in [0.15, 0.2) is 18.2 Å². The lowest BCUT2D eigenvalue weighted by Gasteiger charge is -2.35. The number of rotatable bonds is 2. The molecule has 1 fully saturated rings. The van der Waals surface area contributed by atoms with E-state index in [0.29, 0.717) is 17.8 Å². The SMILES string of the molecule is Cc1ccc(NC2CCN(C)C(C)C2)c(F)c1. The molecule has 0 amide bonds. The second kappa shape index (κ2) is 5.05. The first-order valence-electron chi connectivity index (χ1n) is 6.29. The van der Waals surface area contributed by atoms with E-state index in [1.165, 1.54) is 0 Å². The van der Waals surface area contributed by atoms with Crippen LogP contribution in [-0.4, -0.2) is 30.6 Å². The van der Waals surface area contributed by atoms with Gasteiger partial charge in [0.25, 0.3) is 0 Å². The Hall–Kier alpha value is -1.09. The van der Waals surface area contributed by atoms with Crippen LogP contribution in [0.4, 0.5) is 10.1 Å².